The average Bonchev–Trinajstić information content (AvgIpc) is 3.28. The number of nitrogens with zero attached hydrogens (tertiary/aromatic N) is 4. The van der Waals surface area contributed by atoms with Gasteiger partial charge in [0.05, 0.1) is 12.6 Å². The Morgan fingerprint density at radius 1 is 1.19 bits per heavy atom. The van der Waals surface area contributed by atoms with Crippen molar-refractivity contribution in [3.05, 3.63) is 66.2 Å². The number of amides is 1. The lowest BCUT2D eigenvalue weighted by atomic mass is 10.2. The molecule has 1 aromatic carbocycles. The first kappa shape index (κ1) is 17.2. The number of hydrogen-bond acceptors (Lipinski definition) is 4. The molecule has 0 saturated carbocycles. The average molecular weight is 363 g/mol. The Morgan fingerprint density at radius 3 is 2.85 bits per heavy atom. The number of hydrogen-bond donors (Lipinski definition) is 1. The summed E-state index contributed by atoms with van der Waals surface area (Å²) < 4.78 is 9.08. The van der Waals surface area contributed by atoms with Crippen LogP contribution >= 0.6 is 0 Å². The van der Waals surface area contributed by atoms with E-state index in [0.717, 1.165) is 16.6 Å². The van der Waals surface area contributed by atoms with Crippen LogP contribution in [0, 0.1) is 0 Å². The number of para-hydroxylation sites is 1. The largest absolute Gasteiger partial charge is 0.383 e. The lowest BCUT2D eigenvalue weighted by Gasteiger charge is -2.14. The van der Waals surface area contributed by atoms with Gasteiger partial charge < -0.3 is 14.6 Å². The molecule has 4 aromatic rings. The number of aromatic nitrogens is 4. The number of fused-ring (bicyclic) bond motifs is 2. The summed E-state index contributed by atoms with van der Waals surface area (Å²) in [4.78, 5) is 13.0. The van der Waals surface area contributed by atoms with Gasteiger partial charge >= 0.3 is 0 Å². The third-order valence-corrected chi connectivity index (χ3v) is 4.64. The number of ether oxygens (including phenoxy) is 1. The third-order valence-electron chi connectivity index (χ3n) is 4.64. The minimum absolute atomic E-state index is 0.150. The summed E-state index contributed by atoms with van der Waals surface area (Å²) in [6.45, 7) is 3.04. The van der Waals surface area contributed by atoms with Gasteiger partial charge in [-0.05, 0) is 31.2 Å². The second-order valence-electron chi connectivity index (χ2n) is 6.42. The first-order valence-electron chi connectivity index (χ1n) is 8.87. The van der Waals surface area contributed by atoms with Crippen LogP contribution in [0.4, 0.5) is 0 Å². The van der Waals surface area contributed by atoms with Gasteiger partial charge in [-0.3, -0.25) is 9.20 Å². The highest BCUT2D eigenvalue weighted by molar-refractivity contribution is 5.98. The predicted molar refractivity (Wildman–Crippen MR) is 103 cm³/mol. The van der Waals surface area contributed by atoms with Crippen molar-refractivity contribution in [3.8, 4) is 0 Å². The summed E-state index contributed by atoms with van der Waals surface area (Å²) in [6, 6.07) is 15.3. The van der Waals surface area contributed by atoms with Crippen LogP contribution in [0.1, 0.15) is 29.3 Å². The minimum atomic E-state index is -0.288. The Labute approximate surface area is 156 Å². The van der Waals surface area contributed by atoms with Crippen molar-refractivity contribution < 1.29 is 9.53 Å². The van der Waals surface area contributed by atoms with Crippen molar-refractivity contribution in [3.63, 3.8) is 0 Å². The van der Waals surface area contributed by atoms with Crippen molar-refractivity contribution in [2.24, 2.45) is 0 Å². The van der Waals surface area contributed by atoms with Gasteiger partial charge in [0.25, 0.3) is 5.91 Å². The lowest BCUT2D eigenvalue weighted by molar-refractivity contribution is 0.0926. The van der Waals surface area contributed by atoms with Gasteiger partial charge in [0.1, 0.15) is 5.69 Å². The molecule has 1 amide bonds. The maximum Gasteiger partial charge on any atom is 0.268 e. The quantitative estimate of drug-likeness (QED) is 0.572. The van der Waals surface area contributed by atoms with E-state index in [1.54, 1.807) is 7.11 Å². The molecule has 0 unspecified atom stereocenters. The van der Waals surface area contributed by atoms with E-state index in [9.17, 15) is 4.79 Å². The van der Waals surface area contributed by atoms with Gasteiger partial charge in [-0.2, -0.15) is 0 Å². The molecule has 0 spiro atoms. The van der Waals surface area contributed by atoms with Crippen LogP contribution in [0.2, 0.25) is 0 Å². The normalized spacial score (nSPS) is 12.5. The first-order chi connectivity index (χ1) is 13.2. The number of carbonyl (C=O) groups excluding carboxylic acids is 1. The Kier molecular flexibility index (Phi) is 4.60. The van der Waals surface area contributed by atoms with E-state index in [-0.39, 0.29) is 11.9 Å². The molecule has 0 saturated heterocycles. The number of rotatable bonds is 6. The van der Waals surface area contributed by atoms with E-state index in [0.29, 0.717) is 24.7 Å². The summed E-state index contributed by atoms with van der Waals surface area (Å²) in [6.07, 6.45) is 1.89. The molecular formula is C20H21N5O2. The molecule has 0 fully saturated rings. The Balaban J connectivity index is 1.64. The third kappa shape index (κ3) is 3.17. The molecule has 4 rings (SSSR count). The van der Waals surface area contributed by atoms with Crippen molar-refractivity contribution in [2.45, 2.75) is 19.5 Å². The smallest absolute Gasteiger partial charge is 0.268 e. The van der Waals surface area contributed by atoms with Gasteiger partial charge in [0, 0.05) is 30.8 Å². The van der Waals surface area contributed by atoms with E-state index in [4.69, 9.17) is 4.74 Å². The van der Waals surface area contributed by atoms with Gasteiger partial charge in [0.2, 0.25) is 0 Å². The lowest BCUT2D eigenvalue weighted by Crippen LogP contribution is -2.30. The van der Waals surface area contributed by atoms with Crippen LogP contribution in [-0.2, 0) is 11.3 Å². The van der Waals surface area contributed by atoms with E-state index < -0.39 is 0 Å². The van der Waals surface area contributed by atoms with Crippen molar-refractivity contribution in [1.29, 1.82) is 0 Å². The molecule has 7 nitrogen and oxygen atoms in total. The summed E-state index contributed by atoms with van der Waals surface area (Å²) in [5.41, 5.74) is 2.37. The van der Waals surface area contributed by atoms with Gasteiger partial charge in [0.15, 0.2) is 11.5 Å². The number of carbonyl (C=O) groups is 1. The summed E-state index contributed by atoms with van der Waals surface area (Å²) in [7, 11) is 1.66. The Hall–Kier alpha value is -3.19. The van der Waals surface area contributed by atoms with Crippen LogP contribution in [0.15, 0.2) is 54.7 Å². The fourth-order valence-corrected chi connectivity index (χ4v) is 3.31. The number of benzene rings is 1. The molecule has 0 bridgehead atoms. The van der Waals surface area contributed by atoms with Crippen LogP contribution in [0.5, 0.6) is 0 Å². The summed E-state index contributed by atoms with van der Waals surface area (Å²) >= 11 is 0. The van der Waals surface area contributed by atoms with Crippen LogP contribution in [0.25, 0.3) is 16.6 Å². The molecule has 0 aliphatic rings. The number of methoxy groups -OCH3 is 1. The van der Waals surface area contributed by atoms with E-state index in [1.165, 1.54) is 0 Å². The van der Waals surface area contributed by atoms with Gasteiger partial charge in [-0.25, -0.2) is 0 Å². The second kappa shape index (κ2) is 7.20. The zero-order chi connectivity index (χ0) is 18.8. The van der Waals surface area contributed by atoms with Crippen LogP contribution < -0.4 is 5.32 Å². The number of pyridine rings is 1. The molecule has 0 aliphatic carbocycles. The van der Waals surface area contributed by atoms with Crippen molar-refractivity contribution >= 4 is 22.5 Å². The highest BCUT2D eigenvalue weighted by Gasteiger charge is 2.20. The highest BCUT2D eigenvalue weighted by atomic mass is 16.5. The van der Waals surface area contributed by atoms with E-state index in [1.807, 2.05) is 70.6 Å². The Morgan fingerprint density at radius 2 is 2.00 bits per heavy atom. The van der Waals surface area contributed by atoms with Gasteiger partial charge in [-0.15, -0.1) is 10.2 Å². The monoisotopic (exact) mass is 363 g/mol. The van der Waals surface area contributed by atoms with Crippen molar-refractivity contribution in [2.75, 3.05) is 13.7 Å². The molecule has 0 aliphatic heterocycles. The topological polar surface area (TPSA) is 73.4 Å². The van der Waals surface area contributed by atoms with E-state index >= 15 is 0 Å². The molecule has 0 radical (unpaired) electrons. The van der Waals surface area contributed by atoms with Crippen LogP contribution in [0.3, 0.4) is 0 Å². The van der Waals surface area contributed by atoms with E-state index in [2.05, 4.69) is 15.5 Å². The second-order valence-corrected chi connectivity index (χ2v) is 6.42. The van der Waals surface area contributed by atoms with Crippen molar-refractivity contribution in [1.82, 2.24) is 24.5 Å². The maximum absolute atomic E-state index is 13.0. The predicted octanol–water partition coefficient (Wildman–Crippen LogP) is 2.82. The fourth-order valence-electron chi connectivity index (χ4n) is 3.31. The zero-order valence-corrected chi connectivity index (χ0v) is 15.3. The maximum atomic E-state index is 13.0. The number of nitrogens with one attached hydrogen (secondary N) is 1. The minimum Gasteiger partial charge on any atom is -0.383 e. The molecule has 7 heteroatoms. The molecule has 3 heterocycles. The fraction of sp³-hybridized carbons (Fsp3) is 0.250. The molecule has 27 heavy (non-hydrogen) atoms. The molecular weight excluding hydrogens is 342 g/mol. The summed E-state index contributed by atoms with van der Waals surface area (Å²) in [5, 5.41) is 12.5. The first-order valence-corrected chi connectivity index (χ1v) is 8.87. The van der Waals surface area contributed by atoms with Gasteiger partial charge in [-0.1, -0.05) is 24.3 Å². The standard InChI is InChI=1S/C20H21N5O2/c1-14(19-23-22-18-9-5-6-10-25(18)19)21-20(26)17-13-15-7-3-4-8-16(15)24(17)11-12-27-2/h3-10,13-14H,11-12H2,1-2H3,(H,21,26)/t14-/m1/s1. The highest BCUT2D eigenvalue weighted by Crippen LogP contribution is 2.21. The Bertz CT molecular complexity index is 1100. The zero-order valence-electron chi connectivity index (χ0n) is 15.3. The molecule has 3 aromatic heterocycles. The molecule has 1 atom stereocenters. The molecule has 138 valence electrons. The summed E-state index contributed by atoms with van der Waals surface area (Å²) in [5.74, 6) is 0.543. The molecule has 1 N–H and O–H groups in total. The van der Waals surface area contributed by atoms with Crippen LogP contribution in [-0.4, -0.2) is 38.8 Å². The SMILES string of the molecule is COCCn1c(C(=O)N[C@H](C)c2nnc3ccccn23)cc2ccccc21.